The van der Waals surface area contributed by atoms with Crippen LogP contribution in [0.4, 0.5) is 0 Å². The molecule has 1 heterocycles. The van der Waals surface area contributed by atoms with Crippen molar-refractivity contribution in [1.82, 2.24) is 0 Å². The van der Waals surface area contributed by atoms with Gasteiger partial charge in [0.25, 0.3) is 0 Å². The van der Waals surface area contributed by atoms with Crippen LogP contribution in [-0.2, 0) is 9.59 Å². The molecule has 0 radical (unpaired) electrons. The quantitative estimate of drug-likeness (QED) is 0.458. The molecule has 3 nitrogen and oxygen atoms in total. The number of Topliss-reactive ketones (excluding diaryl/α,β-unsaturated/α-hetero) is 1. The summed E-state index contributed by atoms with van der Waals surface area (Å²) >= 11 is 1.56. The van der Waals surface area contributed by atoms with Crippen molar-refractivity contribution in [2.24, 2.45) is 0 Å². The molecule has 1 aliphatic carbocycles. The minimum Gasteiger partial charge on any atom is -0.480 e. The van der Waals surface area contributed by atoms with Crippen LogP contribution in [0.5, 0.6) is 0 Å². The van der Waals surface area contributed by atoms with Gasteiger partial charge in [-0.2, -0.15) is 11.3 Å². The van der Waals surface area contributed by atoms with Gasteiger partial charge >= 0.3 is 5.97 Å². The van der Waals surface area contributed by atoms with E-state index in [0.29, 0.717) is 11.1 Å². The Bertz CT molecular complexity index is 1290. The number of hydrogen-bond acceptors (Lipinski definition) is 3. The fourth-order valence-electron chi connectivity index (χ4n) is 4.18. The largest absolute Gasteiger partial charge is 0.480 e. The Balaban J connectivity index is 1.94. The second-order valence-electron chi connectivity index (χ2n) is 7.01. The normalized spacial score (nSPS) is 16.1. The number of aliphatic carboxylic acids is 1. The number of allylic oxidation sites excluding steroid dienone is 1. The lowest BCUT2D eigenvalue weighted by Gasteiger charge is -2.27. The average molecular weight is 396 g/mol. The lowest BCUT2D eigenvalue weighted by atomic mass is 9.73. The first-order chi connectivity index (χ1) is 14.2. The van der Waals surface area contributed by atoms with Crippen molar-refractivity contribution < 1.29 is 14.7 Å². The lowest BCUT2D eigenvalue weighted by molar-refractivity contribution is -0.141. The lowest BCUT2D eigenvalue weighted by Crippen LogP contribution is -2.28. The number of carboxylic acids is 1. The minimum absolute atomic E-state index is 0.367. The highest BCUT2D eigenvalue weighted by Gasteiger charge is 2.39. The number of thiophene rings is 1. The molecule has 0 aliphatic heterocycles. The number of benzene rings is 3. The van der Waals surface area contributed by atoms with Crippen LogP contribution in [0.1, 0.15) is 28.2 Å². The molecule has 0 saturated carbocycles. The maximum Gasteiger partial charge on any atom is 0.318 e. The number of carbonyl (C=O) groups is 2. The van der Waals surface area contributed by atoms with E-state index in [1.807, 2.05) is 71.4 Å². The molecule has 0 fully saturated rings. The van der Waals surface area contributed by atoms with Crippen molar-refractivity contribution in [2.45, 2.75) is 5.92 Å². The van der Waals surface area contributed by atoms with Gasteiger partial charge in [-0.15, -0.1) is 0 Å². The molecule has 140 valence electrons. The van der Waals surface area contributed by atoms with Gasteiger partial charge in [0.2, 0.25) is 0 Å². The van der Waals surface area contributed by atoms with E-state index in [1.54, 1.807) is 23.5 Å². The molecule has 3 aromatic carbocycles. The summed E-state index contributed by atoms with van der Waals surface area (Å²) in [5, 5.41) is 15.8. The predicted molar refractivity (Wildman–Crippen MR) is 116 cm³/mol. The van der Waals surface area contributed by atoms with Crippen molar-refractivity contribution in [3.05, 3.63) is 106 Å². The highest BCUT2D eigenvalue weighted by Crippen LogP contribution is 2.45. The first-order valence-corrected chi connectivity index (χ1v) is 10.2. The Kier molecular flexibility index (Phi) is 4.14. The Morgan fingerprint density at radius 1 is 0.828 bits per heavy atom. The van der Waals surface area contributed by atoms with Crippen LogP contribution in [0.15, 0.2) is 83.6 Å². The smallest absolute Gasteiger partial charge is 0.318 e. The van der Waals surface area contributed by atoms with Crippen LogP contribution in [-0.4, -0.2) is 16.9 Å². The number of hydrogen-bond donors (Lipinski definition) is 1. The molecular formula is C25H16O3S. The summed E-state index contributed by atoms with van der Waals surface area (Å²) in [5.74, 6) is -2.69. The molecule has 0 bridgehead atoms. The molecule has 0 amide bonds. The average Bonchev–Trinajstić information content (AvgIpc) is 3.26. The Morgan fingerprint density at radius 2 is 1.55 bits per heavy atom. The maximum atomic E-state index is 13.6. The summed E-state index contributed by atoms with van der Waals surface area (Å²) in [7, 11) is 0. The Hall–Kier alpha value is -3.50. The summed E-state index contributed by atoms with van der Waals surface area (Å²) in [6.45, 7) is 0. The van der Waals surface area contributed by atoms with E-state index in [2.05, 4.69) is 0 Å². The summed E-state index contributed by atoms with van der Waals surface area (Å²) in [5.41, 5.74) is 4.35. The van der Waals surface area contributed by atoms with E-state index in [9.17, 15) is 14.7 Å². The molecule has 0 spiro atoms. The fourth-order valence-corrected chi connectivity index (χ4v) is 4.83. The zero-order valence-corrected chi connectivity index (χ0v) is 16.1. The van der Waals surface area contributed by atoms with Gasteiger partial charge in [-0.25, -0.2) is 0 Å². The number of ketones is 1. The van der Waals surface area contributed by atoms with E-state index in [-0.39, 0.29) is 5.78 Å². The van der Waals surface area contributed by atoms with Crippen molar-refractivity contribution in [1.29, 1.82) is 0 Å². The standard InChI is InChI=1S/C25H16O3S/c26-24-22(18-11-5-7-15-6-1-2-8-17(15)18)21(16-12-13-29-14-16)19-9-3-4-10-20(19)23(24)25(27)28/h1-14,23H,(H,27,28). The molecule has 4 aromatic rings. The summed E-state index contributed by atoms with van der Waals surface area (Å²) < 4.78 is 0. The maximum absolute atomic E-state index is 13.6. The molecule has 1 atom stereocenters. The van der Waals surface area contributed by atoms with Crippen molar-refractivity contribution in [3.8, 4) is 0 Å². The molecule has 1 aliphatic rings. The third kappa shape index (κ3) is 2.72. The third-order valence-corrected chi connectivity index (χ3v) is 6.10. The van der Waals surface area contributed by atoms with E-state index in [1.165, 1.54) is 0 Å². The molecule has 1 unspecified atom stereocenters. The van der Waals surface area contributed by atoms with Crippen LogP contribution >= 0.6 is 11.3 Å². The summed E-state index contributed by atoms with van der Waals surface area (Å²) in [6, 6.07) is 23.0. The number of fused-ring (bicyclic) bond motifs is 2. The van der Waals surface area contributed by atoms with Crippen LogP contribution < -0.4 is 0 Å². The molecule has 29 heavy (non-hydrogen) atoms. The number of rotatable bonds is 3. The first-order valence-electron chi connectivity index (χ1n) is 9.28. The molecule has 0 saturated heterocycles. The van der Waals surface area contributed by atoms with E-state index in [4.69, 9.17) is 0 Å². The summed E-state index contributed by atoms with van der Waals surface area (Å²) in [4.78, 5) is 25.8. The zero-order valence-electron chi connectivity index (χ0n) is 15.3. The van der Waals surface area contributed by atoms with Gasteiger partial charge in [-0.3, -0.25) is 9.59 Å². The van der Waals surface area contributed by atoms with Crippen molar-refractivity contribution in [3.63, 3.8) is 0 Å². The molecule has 1 N–H and O–H groups in total. The number of carbonyl (C=O) groups excluding carboxylic acids is 1. The molecule has 1 aromatic heterocycles. The summed E-state index contributed by atoms with van der Waals surface area (Å²) in [6.07, 6.45) is 0. The van der Waals surface area contributed by atoms with Gasteiger partial charge in [0.05, 0.1) is 0 Å². The van der Waals surface area contributed by atoms with Crippen LogP contribution in [0, 0.1) is 0 Å². The molecule has 4 heteroatoms. The van der Waals surface area contributed by atoms with E-state index < -0.39 is 11.9 Å². The fraction of sp³-hybridized carbons (Fsp3) is 0.0400. The number of carboxylic acid groups (broad SMARTS) is 1. The van der Waals surface area contributed by atoms with E-state index >= 15 is 0 Å². The monoisotopic (exact) mass is 396 g/mol. The van der Waals surface area contributed by atoms with Gasteiger partial charge < -0.3 is 5.11 Å². The van der Waals surface area contributed by atoms with Gasteiger partial charge in [0.15, 0.2) is 5.78 Å². The molecular weight excluding hydrogens is 380 g/mol. The zero-order chi connectivity index (χ0) is 20.0. The topological polar surface area (TPSA) is 54.4 Å². The van der Waals surface area contributed by atoms with Crippen molar-refractivity contribution >= 4 is 45.0 Å². The van der Waals surface area contributed by atoms with Gasteiger partial charge in [0, 0.05) is 11.1 Å². The minimum atomic E-state index is -1.21. The second-order valence-corrected chi connectivity index (χ2v) is 7.79. The van der Waals surface area contributed by atoms with Crippen LogP contribution in [0.3, 0.4) is 0 Å². The molecule has 5 rings (SSSR count). The first kappa shape index (κ1) is 17.6. The van der Waals surface area contributed by atoms with Crippen LogP contribution in [0.2, 0.25) is 0 Å². The van der Waals surface area contributed by atoms with Crippen LogP contribution in [0.25, 0.3) is 21.9 Å². The van der Waals surface area contributed by atoms with Gasteiger partial charge in [0.1, 0.15) is 5.92 Å². The van der Waals surface area contributed by atoms with Crippen molar-refractivity contribution in [2.75, 3.05) is 0 Å². The SMILES string of the molecule is O=C(O)C1C(=O)C(c2cccc3ccccc23)=C(c2ccsc2)c2ccccc21. The third-order valence-electron chi connectivity index (χ3n) is 5.42. The van der Waals surface area contributed by atoms with Gasteiger partial charge in [-0.05, 0) is 49.9 Å². The second kappa shape index (κ2) is 6.83. The highest BCUT2D eigenvalue weighted by molar-refractivity contribution is 7.08. The van der Waals surface area contributed by atoms with E-state index in [0.717, 1.165) is 33.0 Å². The van der Waals surface area contributed by atoms with Gasteiger partial charge in [-0.1, -0.05) is 66.7 Å². The highest BCUT2D eigenvalue weighted by atomic mass is 32.1. The Labute approximate surface area is 171 Å². The Morgan fingerprint density at radius 3 is 2.34 bits per heavy atom. The predicted octanol–water partition coefficient (Wildman–Crippen LogP) is 5.61.